The summed E-state index contributed by atoms with van der Waals surface area (Å²) in [5.74, 6) is 0.398. The number of aromatic nitrogens is 2. The number of rotatable bonds is 4. The van der Waals surface area contributed by atoms with Crippen LogP contribution >= 0.6 is 0 Å². The first-order valence-corrected chi connectivity index (χ1v) is 10.2. The van der Waals surface area contributed by atoms with Crippen LogP contribution in [-0.2, 0) is 17.6 Å². The fourth-order valence-corrected chi connectivity index (χ4v) is 4.21. The summed E-state index contributed by atoms with van der Waals surface area (Å²) in [5, 5.41) is 0. The van der Waals surface area contributed by atoms with E-state index < -0.39 is 0 Å². The summed E-state index contributed by atoms with van der Waals surface area (Å²) in [6.45, 7) is 6.49. The maximum atomic E-state index is 13.0. The van der Waals surface area contributed by atoms with Crippen molar-refractivity contribution in [2.45, 2.75) is 26.2 Å². The van der Waals surface area contributed by atoms with E-state index >= 15 is 0 Å². The summed E-state index contributed by atoms with van der Waals surface area (Å²) in [7, 11) is 0. The Morgan fingerprint density at radius 1 is 1.14 bits per heavy atom. The van der Waals surface area contributed by atoms with E-state index in [1.54, 1.807) is 6.33 Å². The van der Waals surface area contributed by atoms with Crippen LogP contribution in [-0.4, -0.2) is 58.4 Å². The zero-order chi connectivity index (χ0) is 19.3. The maximum absolute atomic E-state index is 13.0. The summed E-state index contributed by atoms with van der Waals surface area (Å²) in [6.07, 6.45) is 8.61. The van der Waals surface area contributed by atoms with Crippen molar-refractivity contribution in [1.82, 2.24) is 19.8 Å². The first kappa shape index (κ1) is 18.8. The summed E-state index contributed by atoms with van der Waals surface area (Å²) in [5.41, 5.74) is 4.58. The van der Waals surface area contributed by atoms with Crippen LogP contribution in [0.1, 0.15) is 28.9 Å². The molecule has 0 radical (unpaired) electrons. The molecule has 1 unspecified atom stereocenters. The van der Waals surface area contributed by atoms with Gasteiger partial charge >= 0.3 is 0 Å². The van der Waals surface area contributed by atoms with Gasteiger partial charge in [-0.1, -0.05) is 42.5 Å². The number of fused-ring (bicyclic) bond motifs is 1. The molecule has 1 amide bonds. The number of carbonyl (C=O) groups is 1. The molecule has 28 heavy (non-hydrogen) atoms. The van der Waals surface area contributed by atoms with Crippen molar-refractivity contribution in [3.8, 4) is 0 Å². The lowest BCUT2D eigenvalue weighted by molar-refractivity contribution is -0.137. The van der Waals surface area contributed by atoms with Crippen molar-refractivity contribution >= 4 is 12.0 Å². The monoisotopic (exact) mass is 376 g/mol. The largest absolute Gasteiger partial charge is 0.340 e. The van der Waals surface area contributed by atoms with E-state index in [4.69, 9.17) is 0 Å². The zero-order valence-corrected chi connectivity index (χ0v) is 16.6. The topological polar surface area (TPSA) is 49.3 Å². The molecule has 2 aliphatic rings. The molecule has 0 spiro atoms. The van der Waals surface area contributed by atoms with Gasteiger partial charge in [-0.05, 0) is 37.3 Å². The van der Waals surface area contributed by atoms with Crippen LogP contribution < -0.4 is 0 Å². The fourth-order valence-electron chi connectivity index (χ4n) is 4.21. The zero-order valence-electron chi connectivity index (χ0n) is 16.6. The molecule has 1 aliphatic carbocycles. The van der Waals surface area contributed by atoms with Crippen LogP contribution in [0.25, 0.3) is 6.08 Å². The van der Waals surface area contributed by atoms with Gasteiger partial charge in [-0.15, -0.1) is 0 Å². The van der Waals surface area contributed by atoms with E-state index in [1.165, 1.54) is 11.1 Å². The lowest BCUT2D eigenvalue weighted by atomic mass is 9.85. The van der Waals surface area contributed by atoms with Crippen molar-refractivity contribution in [3.05, 3.63) is 65.2 Å². The highest BCUT2D eigenvalue weighted by Crippen LogP contribution is 2.27. The Labute approximate surface area is 167 Å². The first-order valence-electron chi connectivity index (χ1n) is 10.2. The lowest BCUT2D eigenvalue weighted by Gasteiger charge is -2.37. The average Bonchev–Trinajstić information content (AvgIpc) is 2.75. The number of carbonyl (C=O) groups excluding carboxylic acids is 1. The van der Waals surface area contributed by atoms with Crippen molar-refractivity contribution in [2.24, 2.45) is 5.92 Å². The van der Waals surface area contributed by atoms with E-state index in [0.717, 1.165) is 63.4 Å². The highest BCUT2D eigenvalue weighted by atomic mass is 16.2. The Kier molecular flexibility index (Phi) is 5.81. The highest BCUT2D eigenvalue weighted by Gasteiger charge is 2.31. The third-order valence-electron chi connectivity index (χ3n) is 5.94. The van der Waals surface area contributed by atoms with Crippen LogP contribution in [0.2, 0.25) is 0 Å². The molecule has 146 valence electrons. The number of hydrogen-bond acceptors (Lipinski definition) is 4. The van der Waals surface area contributed by atoms with Gasteiger partial charge in [0.2, 0.25) is 5.91 Å². The van der Waals surface area contributed by atoms with E-state index in [2.05, 4.69) is 56.2 Å². The van der Waals surface area contributed by atoms with Crippen molar-refractivity contribution < 1.29 is 4.79 Å². The van der Waals surface area contributed by atoms with Gasteiger partial charge in [-0.2, -0.15) is 0 Å². The Bertz CT molecular complexity index is 841. The number of nitrogens with zero attached hydrogens (tertiary/aromatic N) is 4. The molecule has 0 bridgehead atoms. The van der Waals surface area contributed by atoms with Gasteiger partial charge in [0.1, 0.15) is 6.33 Å². The van der Waals surface area contributed by atoms with Crippen LogP contribution in [0.3, 0.4) is 0 Å². The second kappa shape index (κ2) is 8.65. The Hall–Kier alpha value is -2.53. The van der Waals surface area contributed by atoms with Crippen molar-refractivity contribution in [2.75, 3.05) is 32.7 Å². The Balaban J connectivity index is 1.27. The standard InChI is InChI=1S/C23H28N4O/c1-18-21-16-20(9-10-22(21)25-17-24-18)23(28)27-14-12-26(13-15-27)11-5-8-19-6-3-2-4-7-19/h2-8,17,20H,9-16H2,1H3/b8-5+. The second-order valence-corrected chi connectivity index (χ2v) is 7.76. The number of hydrogen-bond donors (Lipinski definition) is 0. The van der Waals surface area contributed by atoms with Crippen LogP contribution in [0, 0.1) is 12.8 Å². The third-order valence-corrected chi connectivity index (χ3v) is 5.94. The summed E-state index contributed by atoms with van der Waals surface area (Å²) < 4.78 is 0. The summed E-state index contributed by atoms with van der Waals surface area (Å²) >= 11 is 0. The maximum Gasteiger partial charge on any atom is 0.226 e. The average molecular weight is 377 g/mol. The molecular formula is C23H28N4O. The molecule has 4 rings (SSSR count). The Morgan fingerprint density at radius 2 is 1.93 bits per heavy atom. The minimum atomic E-state index is 0.0849. The molecule has 1 saturated heterocycles. The molecular weight excluding hydrogens is 348 g/mol. The molecule has 1 aromatic heterocycles. The number of piperazine rings is 1. The number of benzene rings is 1. The highest BCUT2D eigenvalue weighted by molar-refractivity contribution is 5.79. The van der Waals surface area contributed by atoms with Gasteiger partial charge in [-0.3, -0.25) is 9.69 Å². The molecule has 0 saturated carbocycles. The lowest BCUT2D eigenvalue weighted by Crippen LogP contribution is -2.50. The van der Waals surface area contributed by atoms with Gasteiger partial charge in [0.25, 0.3) is 0 Å². The van der Waals surface area contributed by atoms with E-state index in [9.17, 15) is 4.79 Å². The SMILES string of the molecule is Cc1ncnc2c1CC(C(=O)N1CCN(C/C=C/c3ccccc3)CC1)CC2. The van der Waals surface area contributed by atoms with Crippen LogP contribution in [0.4, 0.5) is 0 Å². The van der Waals surface area contributed by atoms with Crippen molar-refractivity contribution in [3.63, 3.8) is 0 Å². The van der Waals surface area contributed by atoms with Crippen LogP contribution in [0.15, 0.2) is 42.7 Å². The van der Waals surface area contributed by atoms with Crippen LogP contribution in [0.5, 0.6) is 0 Å². The molecule has 1 fully saturated rings. The first-order chi connectivity index (χ1) is 13.7. The molecule has 5 nitrogen and oxygen atoms in total. The van der Waals surface area contributed by atoms with E-state index in [-0.39, 0.29) is 5.92 Å². The van der Waals surface area contributed by atoms with Crippen molar-refractivity contribution in [1.29, 1.82) is 0 Å². The van der Waals surface area contributed by atoms with Gasteiger partial charge < -0.3 is 4.90 Å². The fraction of sp³-hybridized carbons (Fsp3) is 0.435. The number of amides is 1. The number of aryl methyl sites for hydroxylation is 2. The summed E-state index contributed by atoms with van der Waals surface area (Å²) in [6, 6.07) is 10.4. The summed E-state index contributed by atoms with van der Waals surface area (Å²) in [4.78, 5) is 26.2. The minimum absolute atomic E-state index is 0.0849. The molecule has 2 heterocycles. The van der Waals surface area contributed by atoms with Gasteiger partial charge in [0.05, 0.1) is 0 Å². The van der Waals surface area contributed by atoms with E-state index in [0.29, 0.717) is 5.91 Å². The molecule has 5 heteroatoms. The molecule has 1 atom stereocenters. The van der Waals surface area contributed by atoms with Gasteiger partial charge in [0, 0.05) is 50.0 Å². The van der Waals surface area contributed by atoms with Gasteiger partial charge in [0.15, 0.2) is 0 Å². The quantitative estimate of drug-likeness (QED) is 0.823. The molecule has 0 N–H and O–H groups in total. The second-order valence-electron chi connectivity index (χ2n) is 7.76. The van der Waals surface area contributed by atoms with E-state index in [1.807, 2.05) is 13.0 Å². The Morgan fingerprint density at radius 3 is 2.71 bits per heavy atom. The van der Waals surface area contributed by atoms with Gasteiger partial charge in [-0.25, -0.2) is 9.97 Å². The normalized spacial score (nSPS) is 20.3. The minimum Gasteiger partial charge on any atom is -0.340 e. The third kappa shape index (κ3) is 4.30. The predicted molar refractivity (Wildman–Crippen MR) is 111 cm³/mol. The molecule has 2 aromatic rings. The predicted octanol–water partition coefficient (Wildman–Crippen LogP) is 2.75. The molecule has 1 aromatic carbocycles. The molecule has 1 aliphatic heterocycles. The smallest absolute Gasteiger partial charge is 0.226 e.